The Kier molecular flexibility index (Phi) is 8.41. The molecule has 0 saturated carbocycles. The van der Waals surface area contributed by atoms with Crippen molar-refractivity contribution in [1.82, 2.24) is 0 Å². The predicted molar refractivity (Wildman–Crippen MR) is 124 cm³/mol. The van der Waals surface area contributed by atoms with Crippen molar-refractivity contribution in [1.29, 1.82) is 0 Å². The summed E-state index contributed by atoms with van der Waals surface area (Å²) in [7, 11) is 0. The van der Waals surface area contributed by atoms with E-state index in [-0.39, 0.29) is 19.8 Å². The first-order valence-electron chi connectivity index (χ1n) is 11.1. The second-order valence-electron chi connectivity index (χ2n) is 8.07. The van der Waals surface area contributed by atoms with E-state index in [0.29, 0.717) is 0 Å². The van der Waals surface area contributed by atoms with Gasteiger partial charge in [-0.05, 0) is 16.7 Å². The van der Waals surface area contributed by atoms with E-state index in [1.807, 2.05) is 91.0 Å². The van der Waals surface area contributed by atoms with Crippen LogP contribution >= 0.6 is 0 Å². The van der Waals surface area contributed by atoms with Gasteiger partial charge in [0, 0.05) is 0 Å². The molecule has 0 amide bonds. The molecule has 1 heterocycles. The molecule has 7 heteroatoms. The summed E-state index contributed by atoms with van der Waals surface area (Å²) in [5, 5.41) is 20.5. The molecule has 5 atom stereocenters. The average Bonchev–Trinajstić information content (AvgIpc) is 2.87. The van der Waals surface area contributed by atoms with Crippen LogP contribution in [0, 0.1) is 0 Å². The Morgan fingerprint density at radius 2 is 1.03 bits per heavy atom. The van der Waals surface area contributed by atoms with E-state index in [4.69, 9.17) is 18.9 Å². The summed E-state index contributed by atoms with van der Waals surface area (Å²) in [6, 6.07) is 28.4. The van der Waals surface area contributed by atoms with Gasteiger partial charge in [-0.2, -0.15) is 0 Å². The third-order valence-electron chi connectivity index (χ3n) is 5.61. The third-order valence-corrected chi connectivity index (χ3v) is 5.61. The van der Waals surface area contributed by atoms with Crippen molar-refractivity contribution in [3.63, 3.8) is 0 Å². The topological polar surface area (TPSA) is 94.5 Å². The van der Waals surface area contributed by atoms with Gasteiger partial charge in [0.25, 0.3) is 0 Å². The van der Waals surface area contributed by atoms with Crippen LogP contribution < -0.4 is 0 Å². The highest BCUT2D eigenvalue weighted by Gasteiger charge is 2.50. The van der Waals surface area contributed by atoms with E-state index >= 15 is 0 Å². The van der Waals surface area contributed by atoms with Gasteiger partial charge < -0.3 is 29.2 Å². The number of benzene rings is 3. The highest BCUT2D eigenvalue weighted by Crippen LogP contribution is 2.29. The summed E-state index contributed by atoms with van der Waals surface area (Å²) in [6.07, 6.45) is -5.78. The Morgan fingerprint density at radius 3 is 1.44 bits per heavy atom. The summed E-state index contributed by atoms with van der Waals surface area (Å²) in [5.41, 5.74) is 2.68. The summed E-state index contributed by atoms with van der Waals surface area (Å²) in [4.78, 5) is 12.0. The fourth-order valence-corrected chi connectivity index (χ4v) is 3.87. The molecule has 0 aromatic heterocycles. The fraction of sp³-hybridized carbons (Fsp3) is 0.296. The number of hydrogen-bond acceptors (Lipinski definition) is 6. The van der Waals surface area contributed by atoms with Crippen LogP contribution in [0.3, 0.4) is 0 Å². The van der Waals surface area contributed by atoms with Crippen LogP contribution in [0.25, 0.3) is 0 Å². The van der Waals surface area contributed by atoms with Crippen molar-refractivity contribution in [3.05, 3.63) is 108 Å². The Bertz CT molecular complexity index is 1010. The van der Waals surface area contributed by atoms with Gasteiger partial charge in [0.2, 0.25) is 0 Å². The molecule has 3 aromatic carbocycles. The van der Waals surface area contributed by atoms with E-state index in [1.165, 1.54) is 0 Å². The van der Waals surface area contributed by atoms with Crippen LogP contribution in [0.15, 0.2) is 91.0 Å². The van der Waals surface area contributed by atoms with Gasteiger partial charge >= 0.3 is 5.97 Å². The molecule has 1 fully saturated rings. The second-order valence-corrected chi connectivity index (χ2v) is 8.07. The van der Waals surface area contributed by atoms with Crippen molar-refractivity contribution in [2.24, 2.45) is 0 Å². The first-order valence-corrected chi connectivity index (χ1v) is 11.1. The molecule has 1 aliphatic heterocycles. The zero-order chi connectivity index (χ0) is 23.8. The smallest absolute Gasteiger partial charge is 0.335 e. The van der Waals surface area contributed by atoms with E-state index in [2.05, 4.69) is 0 Å². The molecule has 1 aliphatic rings. The third kappa shape index (κ3) is 6.28. The standard InChI is InChI=1S/C27H28O7/c28-26(29)24-22(31-16-19-10-4-1-5-11-19)23(32-17-20-12-6-2-7-13-20)25(27(30)34-24)33-18-21-14-8-3-9-15-21/h1-15,22-25,27,30H,16-18H2,(H,28,29)/t22-,23-,24-,25+,27?/m0/s1. The maximum Gasteiger partial charge on any atom is 0.335 e. The van der Waals surface area contributed by atoms with E-state index in [1.54, 1.807) is 0 Å². The first-order chi connectivity index (χ1) is 16.6. The van der Waals surface area contributed by atoms with Crippen LogP contribution in [-0.2, 0) is 43.6 Å². The summed E-state index contributed by atoms with van der Waals surface area (Å²) in [5.74, 6) is -1.24. The fourth-order valence-electron chi connectivity index (χ4n) is 3.87. The minimum Gasteiger partial charge on any atom is -0.479 e. The van der Waals surface area contributed by atoms with Crippen molar-refractivity contribution < 1.29 is 34.0 Å². The summed E-state index contributed by atoms with van der Waals surface area (Å²) < 4.78 is 23.7. The number of carboxylic acids is 1. The SMILES string of the molecule is O=C(O)[C@H]1OC(O)[C@H](OCc2ccccc2)[C@@H](OCc2ccccc2)[C@@H]1OCc1ccccc1. The molecule has 7 nitrogen and oxygen atoms in total. The van der Waals surface area contributed by atoms with Gasteiger partial charge in [-0.3, -0.25) is 0 Å². The van der Waals surface area contributed by atoms with Gasteiger partial charge in [-0.1, -0.05) is 91.0 Å². The maximum atomic E-state index is 12.0. The van der Waals surface area contributed by atoms with Crippen molar-refractivity contribution in [2.75, 3.05) is 0 Å². The molecule has 0 spiro atoms. The van der Waals surface area contributed by atoms with E-state index < -0.39 is 36.7 Å². The number of carbonyl (C=O) groups is 1. The highest BCUT2D eigenvalue weighted by atomic mass is 16.7. The van der Waals surface area contributed by atoms with Crippen LogP contribution in [0.5, 0.6) is 0 Å². The number of carboxylic acid groups (broad SMARTS) is 1. The molecule has 0 radical (unpaired) electrons. The minimum atomic E-state index is -1.50. The maximum absolute atomic E-state index is 12.0. The lowest BCUT2D eigenvalue weighted by molar-refractivity contribution is -0.308. The average molecular weight is 465 g/mol. The highest BCUT2D eigenvalue weighted by molar-refractivity contribution is 5.73. The molecule has 2 N–H and O–H groups in total. The monoisotopic (exact) mass is 464 g/mol. The van der Waals surface area contributed by atoms with Crippen molar-refractivity contribution in [2.45, 2.75) is 50.5 Å². The van der Waals surface area contributed by atoms with Crippen LogP contribution in [-0.4, -0.2) is 46.9 Å². The Balaban J connectivity index is 1.57. The Morgan fingerprint density at radius 1 is 0.647 bits per heavy atom. The lowest BCUT2D eigenvalue weighted by Crippen LogP contribution is -2.62. The quantitative estimate of drug-likeness (QED) is 0.474. The second kappa shape index (κ2) is 11.9. The lowest BCUT2D eigenvalue weighted by Gasteiger charge is -2.43. The molecule has 3 aromatic rings. The largest absolute Gasteiger partial charge is 0.479 e. The number of aliphatic hydroxyl groups is 1. The molecule has 178 valence electrons. The number of aliphatic hydroxyl groups excluding tert-OH is 1. The Labute approximate surface area is 198 Å². The zero-order valence-electron chi connectivity index (χ0n) is 18.6. The lowest BCUT2D eigenvalue weighted by atomic mass is 9.97. The van der Waals surface area contributed by atoms with Crippen molar-refractivity contribution >= 4 is 5.97 Å². The molecule has 1 unspecified atom stereocenters. The first kappa shape index (κ1) is 24.1. The number of hydrogen-bond donors (Lipinski definition) is 2. The number of ether oxygens (including phenoxy) is 4. The minimum absolute atomic E-state index is 0.158. The normalized spacial score (nSPS) is 24.6. The van der Waals surface area contributed by atoms with Crippen LogP contribution in [0.2, 0.25) is 0 Å². The van der Waals surface area contributed by atoms with Gasteiger partial charge in [0.05, 0.1) is 19.8 Å². The van der Waals surface area contributed by atoms with E-state index in [9.17, 15) is 15.0 Å². The molecule has 0 aliphatic carbocycles. The Hall–Kier alpha value is -3.07. The zero-order valence-corrected chi connectivity index (χ0v) is 18.6. The van der Waals surface area contributed by atoms with Crippen LogP contribution in [0.4, 0.5) is 0 Å². The van der Waals surface area contributed by atoms with Gasteiger partial charge in [-0.25, -0.2) is 4.79 Å². The van der Waals surface area contributed by atoms with E-state index in [0.717, 1.165) is 16.7 Å². The number of aliphatic carboxylic acids is 1. The van der Waals surface area contributed by atoms with Crippen molar-refractivity contribution in [3.8, 4) is 0 Å². The molecular formula is C27H28O7. The van der Waals surface area contributed by atoms with Gasteiger partial charge in [-0.15, -0.1) is 0 Å². The molecule has 1 saturated heterocycles. The summed E-state index contributed by atoms with van der Waals surface area (Å²) in [6.45, 7) is 0.548. The molecular weight excluding hydrogens is 436 g/mol. The number of rotatable bonds is 10. The van der Waals surface area contributed by atoms with Crippen LogP contribution in [0.1, 0.15) is 16.7 Å². The van der Waals surface area contributed by atoms with Gasteiger partial charge in [0.15, 0.2) is 12.4 Å². The molecule has 34 heavy (non-hydrogen) atoms. The van der Waals surface area contributed by atoms with Gasteiger partial charge in [0.1, 0.15) is 18.3 Å². The summed E-state index contributed by atoms with van der Waals surface area (Å²) >= 11 is 0. The predicted octanol–water partition coefficient (Wildman–Crippen LogP) is 3.54. The molecule has 0 bridgehead atoms. The molecule has 4 rings (SSSR count).